The highest BCUT2D eigenvalue weighted by atomic mass is 32.2. The Labute approximate surface area is 178 Å². The van der Waals surface area contributed by atoms with Gasteiger partial charge < -0.3 is 10.1 Å². The highest BCUT2D eigenvalue weighted by molar-refractivity contribution is 8.00. The van der Waals surface area contributed by atoms with Crippen molar-refractivity contribution in [3.8, 4) is 5.75 Å². The Bertz CT molecular complexity index is 1070. The van der Waals surface area contributed by atoms with E-state index in [-0.39, 0.29) is 15.4 Å². The molecule has 0 aliphatic rings. The maximum Gasteiger partial charge on any atom is 0.271 e. The van der Waals surface area contributed by atoms with Gasteiger partial charge in [-0.25, -0.2) is 8.42 Å². The number of hydrogen-bond acceptors (Lipinski definition) is 6. The lowest BCUT2D eigenvalue weighted by molar-refractivity contribution is -0.115. The summed E-state index contributed by atoms with van der Waals surface area (Å²) in [7, 11) is -2.00. The Morgan fingerprint density at radius 2 is 1.83 bits per heavy atom. The molecule has 0 saturated carbocycles. The molecule has 3 rings (SSSR count). The van der Waals surface area contributed by atoms with Crippen LogP contribution in [0.2, 0.25) is 0 Å². The normalized spacial score (nSPS) is 12.2. The van der Waals surface area contributed by atoms with Crippen molar-refractivity contribution in [1.29, 1.82) is 0 Å². The third-order valence-corrected chi connectivity index (χ3v) is 7.78. The van der Waals surface area contributed by atoms with Crippen molar-refractivity contribution in [3.63, 3.8) is 0 Å². The van der Waals surface area contributed by atoms with Gasteiger partial charge in [-0.1, -0.05) is 12.1 Å². The number of ether oxygens (including phenoxy) is 1. The Morgan fingerprint density at radius 3 is 2.48 bits per heavy atom. The van der Waals surface area contributed by atoms with E-state index in [0.717, 1.165) is 16.2 Å². The monoisotopic (exact) mass is 448 g/mol. The zero-order chi connectivity index (χ0) is 20.9. The lowest BCUT2D eigenvalue weighted by atomic mass is 10.3. The quantitative estimate of drug-likeness (QED) is 0.489. The number of rotatable bonds is 8. The molecule has 0 fully saturated rings. The van der Waals surface area contributed by atoms with Crippen molar-refractivity contribution in [1.82, 2.24) is 0 Å². The van der Waals surface area contributed by atoms with E-state index in [1.165, 1.54) is 11.8 Å². The molecule has 1 amide bonds. The van der Waals surface area contributed by atoms with Crippen LogP contribution in [-0.4, -0.2) is 26.7 Å². The van der Waals surface area contributed by atoms with Gasteiger partial charge >= 0.3 is 0 Å². The summed E-state index contributed by atoms with van der Waals surface area (Å²) in [6.07, 6.45) is 0. The van der Waals surface area contributed by atoms with Crippen molar-refractivity contribution < 1.29 is 17.9 Å². The number of thiophene rings is 1. The second-order valence-corrected chi connectivity index (χ2v) is 10.3. The first kappa shape index (κ1) is 21.2. The van der Waals surface area contributed by atoms with Crippen LogP contribution >= 0.6 is 23.1 Å². The van der Waals surface area contributed by atoms with Gasteiger partial charge in [-0.05, 0) is 54.8 Å². The molecular formula is C20H20N2O4S3. The SMILES string of the molecule is COc1cccc(NC(=O)C(C)Sc2ccc(NS(=O)(=O)c3cccs3)cc2)c1. The van der Waals surface area contributed by atoms with Crippen molar-refractivity contribution in [2.45, 2.75) is 21.3 Å². The van der Waals surface area contributed by atoms with Gasteiger partial charge in [0.25, 0.3) is 10.0 Å². The van der Waals surface area contributed by atoms with Crippen LogP contribution in [0.15, 0.2) is 75.1 Å². The van der Waals surface area contributed by atoms with Gasteiger partial charge in [0.15, 0.2) is 0 Å². The predicted molar refractivity (Wildman–Crippen MR) is 119 cm³/mol. The third-order valence-electron chi connectivity index (χ3n) is 3.89. The molecule has 1 unspecified atom stereocenters. The van der Waals surface area contributed by atoms with Gasteiger partial charge in [0.1, 0.15) is 9.96 Å². The summed E-state index contributed by atoms with van der Waals surface area (Å²) in [4.78, 5) is 13.3. The maximum absolute atomic E-state index is 12.4. The molecule has 2 N–H and O–H groups in total. The number of hydrogen-bond donors (Lipinski definition) is 2. The molecule has 3 aromatic rings. The van der Waals surface area contributed by atoms with E-state index in [9.17, 15) is 13.2 Å². The largest absolute Gasteiger partial charge is 0.497 e. The van der Waals surface area contributed by atoms with E-state index in [1.54, 1.807) is 61.0 Å². The number of nitrogens with one attached hydrogen (secondary N) is 2. The highest BCUT2D eigenvalue weighted by Crippen LogP contribution is 2.27. The molecule has 0 aliphatic heterocycles. The molecule has 0 saturated heterocycles. The molecular weight excluding hydrogens is 428 g/mol. The molecule has 0 bridgehead atoms. The second kappa shape index (κ2) is 9.34. The Morgan fingerprint density at radius 1 is 1.07 bits per heavy atom. The summed E-state index contributed by atoms with van der Waals surface area (Å²) in [5.74, 6) is 0.537. The molecule has 1 aromatic heterocycles. The van der Waals surface area contributed by atoms with Crippen LogP contribution in [0.25, 0.3) is 0 Å². The van der Waals surface area contributed by atoms with Crippen molar-refractivity contribution in [2.75, 3.05) is 17.1 Å². The first-order valence-corrected chi connectivity index (χ1v) is 11.9. The molecule has 0 aliphatic carbocycles. The molecule has 2 aromatic carbocycles. The third kappa shape index (κ3) is 5.75. The van der Waals surface area contributed by atoms with Crippen LogP contribution in [0.3, 0.4) is 0 Å². The maximum atomic E-state index is 12.4. The lowest BCUT2D eigenvalue weighted by Gasteiger charge is -2.13. The number of methoxy groups -OCH3 is 1. The standard InChI is InChI=1S/C20H20N2O4S3/c1-14(20(23)21-16-5-3-6-17(13-16)26-2)28-18-10-8-15(9-11-18)22-29(24,25)19-7-4-12-27-19/h3-14,22H,1-2H3,(H,21,23). The van der Waals surface area contributed by atoms with Crippen molar-refractivity contribution in [2.24, 2.45) is 0 Å². The summed E-state index contributed by atoms with van der Waals surface area (Å²) in [6.45, 7) is 1.81. The first-order chi connectivity index (χ1) is 13.9. The van der Waals surface area contributed by atoms with Crippen molar-refractivity contribution >= 4 is 50.4 Å². The van der Waals surface area contributed by atoms with Crippen LogP contribution in [0, 0.1) is 0 Å². The Hall–Kier alpha value is -2.49. The molecule has 152 valence electrons. The Kier molecular flexibility index (Phi) is 6.83. The summed E-state index contributed by atoms with van der Waals surface area (Å²) in [5, 5.41) is 4.24. The number of anilines is 2. The minimum Gasteiger partial charge on any atom is -0.497 e. The molecule has 1 atom stereocenters. The second-order valence-electron chi connectivity index (χ2n) is 6.04. The zero-order valence-corrected chi connectivity index (χ0v) is 18.2. The van der Waals surface area contributed by atoms with Gasteiger partial charge in [0.05, 0.1) is 12.4 Å². The molecule has 29 heavy (non-hydrogen) atoms. The summed E-state index contributed by atoms with van der Waals surface area (Å²) in [5.41, 5.74) is 1.14. The Balaban J connectivity index is 1.59. The average molecular weight is 449 g/mol. The van der Waals surface area contributed by atoms with E-state index < -0.39 is 10.0 Å². The predicted octanol–water partition coefficient (Wildman–Crippen LogP) is 4.68. The van der Waals surface area contributed by atoms with E-state index in [2.05, 4.69) is 10.0 Å². The fourth-order valence-electron chi connectivity index (χ4n) is 2.43. The molecule has 6 nitrogen and oxygen atoms in total. The van der Waals surface area contributed by atoms with E-state index >= 15 is 0 Å². The number of thioether (sulfide) groups is 1. The summed E-state index contributed by atoms with van der Waals surface area (Å²) in [6, 6.07) is 17.3. The van der Waals surface area contributed by atoms with Gasteiger partial charge in [-0.3, -0.25) is 9.52 Å². The van der Waals surface area contributed by atoms with Crippen LogP contribution in [0.5, 0.6) is 5.75 Å². The minimum absolute atomic E-state index is 0.134. The topological polar surface area (TPSA) is 84.5 Å². The van der Waals surface area contributed by atoms with Crippen LogP contribution < -0.4 is 14.8 Å². The number of sulfonamides is 1. The van der Waals surface area contributed by atoms with Crippen LogP contribution in [0.4, 0.5) is 11.4 Å². The smallest absolute Gasteiger partial charge is 0.271 e. The minimum atomic E-state index is -3.57. The molecule has 0 spiro atoms. The average Bonchev–Trinajstić information content (AvgIpc) is 3.25. The number of benzene rings is 2. The summed E-state index contributed by atoms with van der Waals surface area (Å²) < 4.78 is 32.5. The first-order valence-electron chi connectivity index (χ1n) is 8.65. The fourth-order valence-corrected chi connectivity index (χ4v) is 5.34. The lowest BCUT2D eigenvalue weighted by Crippen LogP contribution is -2.22. The van der Waals surface area contributed by atoms with Crippen molar-refractivity contribution in [3.05, 3.63) is 66.0 Å². The highest BCUT2D eigenvalue weighted by Gasteiger charge is 2.17. The number of carbonyl (C=O) groups is 1. The van der Waals surface area contributed by atoms with Gasteiger partial charge in [0.2, 0.25) is 5.91 Å². The molecule has 0 radical (unpaired) electrons. The van der Waals surface area contributed by atoms with Crippen LogP contribution in [0.1, 0.15) is 6.92 Å². The summed E-state index contributed by atoms with van der Waals surface area (Å²) >= 11 is 2.55. The van der Waals surface area contributed by atoms with E-state index in [4.69, 9.17) is 4.74 Å². The number of amides is 1. The van der Waals surface area contributed by atoms with Gasteiger partial charge in [-0.2, -0.15) is 0 Å². The zero-order valence-electron chi connectivity index (χ0n) is 15.8. The van der Waals surface area contributed by atoms with E-state index in [1.807, 2.05) is 19.1 Å². The molecule has 9 heteroatoms. The fraction of sp³-hybridized carbons (Fsp3) is 0.150. The number of carbonyl (C=O) groups excluding carboxylic acids is 1. The van der Waals surface area contributed by atoms with Gasteiger partial charge in [-0.15, -0.1) is 23.1 Å². The van der Waals surface area contributed by atoms with Gasteiger partial charge in [0, 0.05) is 22.3 Å². The molecule has 1 heterocycles. The van der Waals surface area contributed by atoms with E-state index in [0.29, 0.717) is 17.1 Å². The van der Waals surface area contributed by atoms with Crippen LogP contribution in [-0.2, 0) is 14.8 Å².